The van der Waals surface area contributed by atoms with Crippen LogP contribution in [-0.2, 0) is 4.79 Å². The summed E-state index contributed by atoms with van der Waals surface area (Å²) in [5, 5.41) is 8.73. The molecule has 0 aliphatic heterocycles. The van der Waals surface area contributed by atoms with Crippen molar-refractivity contribution >= 4 is 29.0 Å². The van der Waals surface area contributed by atoms with E-state index in [0.29, 0.717) is 17.2 Å². The van der Waals surface area contributed by atoms with E-state index in [0.717, 1.165) is 48.3 Å². The summed E-state index contributed by atoms with van der Waals surface area (Å²) in [5.74, 6) is 0.470. The number of nitrogens with one attached hydrogen (secondary N) is 1. The third-order valence-electron chi connectivity index (χ3n) is 5.72. The Morgan fingerprint density at radius 1 is 1.13 bits per heavy atom. The van der Waals surface area contributed by atoms with Crippen LogP contribution in [-0.4, -0.2) is 27.4 Å². The molecular weight excluding hydrogens is 412 g/mol. The quantitative estimate of drug-likeness (QED) is 0.612. The Morgan fingerprint density at radius 3 is 2.42 bits per heavy atom. The summed E-state index contributed by atoms with van der Waals surface area (Å²) in [6.45, 7) is 5.69. The van der Waals surface area contributed by atoms with Crippen LogP contribution in [0.15, 0.2) is 40.1 Å². The number of aryl methyl sites for hydroxylation is 3. The summed E-state index contributed by atoms with van der Waals surface area (Å²) in [6, 6.07) is 8.53. The van der Waals surface area contributed by atoms with E-state index >= 15 is 0 Å². The zero-order valence-electron chi connectivity index (χ0n) is 17.9. The number of para-hydroxylation sites is 1. The van der Waals surface area contributed by atoms with E-state index in [-0.39, 0.29) is 23.6 Å². The molecule has 1 aliphatic carbocycles. The van der Waals surface area contributed by atoms with Crippen LogP contribution >= 0.6 is 11.5 Å². The van der Waals surface area contributed by atoms with Crippen LogP contribution in [0, 0.1) is 20.8 Å². The zero-order valence-corrected chi connectivity index (χ0v) is 18.7. The van der Waals surface area contributed by atoms with Crippen molar-refractivity contribution in [3.63, 3.8) is 0 Å². The Kier molecular flexibility index (Phi) is 6.18. The van der Waals surface area contributed by atoms with Crippen molar-refractivity contribution in [3.05, 3.63) is 64.1 Å². The fraction of sp³-hybridized carbons (Fsp3) is 0.391. The number of anilines is 1. The molecule has 1 aromatic carbocycles. The second-order valence-corrected chi connectivity index (χ2v) is 8.66. The predicted molar refractivity (Wildman–Crippen MR) is 119 cm³/mol. The van der Waals surface area contributed by atoms with Crippen LogP contribution in [0.1, 0.15) is 64.9 Å². The van der Waals surface area contributed by atoms with Crippen LogP contribution in [0.3, 0.4) is 0 Å². The summed E-state index contributed by atoms with van der Waals surface area (Å²) in [6.07, 6.45) is 4.09. The number of furan rings is 1. The normalized spacial score (nSPS) is 15.1. The maximum Gasteiger partial charge on any atom is 0.280 e. The maximum absolute atomic E-state index is 13.7. The number of hydrogen-bond acceptors (Lipinski definition) is 6. The van der Waals surface area contributed by atoms with Gasteiger partial charge in [0.2, 0.25) is 0 Å². The zero-order chi connectivity index (χ0) is 22.0. The average molecular weight is 439 g/mol. The highest BCUT2D eigenvalue weighted by Crippen LogP contribution is 2.35. The SMILES string of the molecule is Cc1ccc([C@H](C(=O)NC2CCCC2)N(C(=O)c2csnn2)c2c(C)cccc2C)o1. The third-order valence-corrected chi connectivity index (χ3v) is 6.22. The van der Waals surface area contributed by atoms with Gasteiger partial charge in [-0.1, -0.05) is 35.5 Å². The standard InChI is InChI=1S/C23H26N4O3S/c1-14-7-6-8-15(2)20(14)27(23(29)18-13-31-26-25-18)21(19-12-11-16(3)30-19)22(28)24-17-9-4-5-10-17/h6-8,11-13,17,21H,4-5,9-10H2,1-3H3,(H,24,28)/t21-/m1/s1. The first-order valence-corrected chi connectivity index (χ1v) is 11.3. The number of rotatable bonds is 6. The molecule has 0 bridgehead atoms. The number of nitrogens with zero attached hydrogens (tertiary/aromatic N) is 3. The monoisotopic (exact) mass is 438 g/mol. The largest absolute Gasteiger partial charge is 0.464 e. The van der Waals surface area contributed by atoms with E-state index in [1.54, 1.807) is 11.4 Å². The van der Waals surface area contributed by atoms with E-state index in [2.05, 4.69) is 14.9 Å². The van der Waals surface area contributed by atoms with Crippen LogP contribution in [0.4, 0.5) is 5.69 Å². The molecule has 4 rings (SSSR count). The lowest BCUT2D eigenvalue weighted by Crippen LogP contribution is -2.46. The summed E-state index contributed by atoms with van der Waals surface area (Å²) in [7, 11) is 0. The molecule has 162 valence electrons. The topological polar surface area (TPSA) is 88.3 Å². The van der Waals surface area contributed by atoms with Crippen molar-refractivity contribution in [3.8, 4) is 0 Å². The molecule has 1 N–H and O–H groups in total. The van der Waals surface area contributed by atoms with Gasteiger partial charge in [0, 0.05) is 11.4 Å². The number of carbonyl (C=O) groups is 2. The molecule has 1 atom stereocenters. The average Bonchev–Trinajstić information content (AvgIpc) is 3.50. The summed E-state index contributed by atoms with van der Waals surface area (Å²) in [4.78, 5) is 28.8. The Hall–Kier alpha value is -3.00. The highest BCUT2D eigenvalue weighted by molar-refractivity contribution is 7.03. The first-order chi connectivity index (χ1) is 15.0. The number of aromatic nitrogens is 2. The Balaban J connectivity index is 1.84. The molecule has 1 saturated carbocycles. The number of amides is 2. The number of benzene rings is 1. The van der Waals surface area contributed by atoms with Crippen molar-refractivity contribution in [2.45, 2.75) is 58.5 Å². The molecule has 8 heteroatoms. The summed E-state index contributed by atoms with van der Waals surface area (Å²) in [5.41, 5.74) is 2.66. The first kappa shape index (κ1) is 21.2. The van der Waals surface area contributed by atoms with Gasteiger partial charge < -0.3 is 9.73 Å². The van der Waals surface area contributed by atoms with Gasteiger partial charge in [-0.05, 0) is 68.4 Å². The van der Waals surface area contributed by atoms with Crippen LogP contribution in [0.25, 0.3) is 0 Å². The van der Waals surface area contributed by atoms with E-state index < -0.39 is 6.04 Å². The van der Waals surface area contributed by atoms with Crippen LogP contribution in [0.5, 0.6) is 0 Å². The molecule has 2 amide bonds. The maximum atomic E-state index is 13.7. The van der Waals surface area contributed by atoms with Crippen molar-refractivity contribution in [2.75, 3.05) is 4.90 Å². The molecule has 2 heterocycles. The van der Waals surface area contributed by atoms with Crippen molar-refractivity contribution in [1.82, 2.24) is 14.9 Å². The summed E-state index contributed by atoms with van der Waals surface area (Å²) < 4.78 is 9.74. The Bertz CT molecular complexity index is 1050. The molecule has 2 aromatic heterocycles. The van der Waals surface area contributed by atoms with E-state index in [4.69, 9.17) is 4.42 Å². The molecule has 7 nitrogen and oxygen atoms in total. The van der Waals surface area contributed by atoms with Crippen molar-refractivity contribution < 1.29 is 14.0 Å². The fourth-order valence-corrected chi connectivity index (χ4v) is 4.67. The van der Waals surface area contributed by atoms with Crippen molar-refractivity contribution in [2.24, 2.45) is 0 Å². The molecule has 0 spiro atoms. The number of carbonyl (C=O) groups excluding carboxylic acids is 2. The molecule has 1 aliphatic rings. The molecule has 0 saturated heterocycles. The minimum Gasteiger partial charge on any atom is -0.464 e. The fourth-order valence-electron chi connectivity index (χ4n) is 4.24. The van der Waals surface area contributed by atoms with Gasteiger partial charge in [0.25, 0.3) is 11.8 Å². The summed E-state index contributed by atoms with van der Waals surface area (Å²) >= 11 is 1.10. The van der Waals surface area contributed by atoms with E-state index in [9.17, 15) is 9.59 Å². The van der Waals surface area contributed by atoms with Gasteiger partial charge in [0.1, 0.15) is 11.5 Å². The molecule has 1 fully saturated rings. The number of hydrogen-bond donors (Lipinski definition) is 1. The second kappa shape index (κ2) is 9.01. The minimum atomic E-state index is -0.955. The first-order valence-electron chi connectivity index (χ1n) is 10.5. The van der Waals surface area contributed by atoms with Gasteiger partial charge in [-0.3, -0.25) is 14.5 Å². The highest BCUT2D eigenvalue weighted by atomic mass is 32.1. The molecule has 0 unspecified atom stereocenters. The van der Waals surface area contributed by atoms with E-state index in [1.807, 2.05) is 45.0 Å². The Morgan fingerprint density at radius 2 is 1.84 bits per heavy atom. The van der Waals surface area contributed by atoms with Gasteiger partial charge in [0.15, 0.2) is 11.7 Å². The van der Waals surface area contributed by atoms with Crippen molar-refractivity contribution in [1.29, 1.82) is 0 Å². The van der Waals surface area contributed by atoms with Gasteiger partial charge in [0.05, 0.1) is 5.69 Å². The molecule has 3 aromatic rings. The lowest BCUT2D eigenvalue weighted by atomic mass is 10.0. The van der Waals surface area contributed by atoms with Gasteiger partial charge in [-0.25, -0.2) is 0 Å². The highest BCUT2D eigenvalue weighted by Gasteiger charge is 2.38. The minimum absolute atomic E-state index is 0.113. The third kappa shape index (κ3) is 4.39. The molecular formula is C23H26N4O3S. The molecule has 0 radical (unpaired) electrons. The molecule has 31 heavy (non-hydrogen) atoms. The van der Waals surface area contributed by atoms with Gasteiger partial charge >= 0.3 is 0 Å². The van der Waals surface area contributed by atoms with E-state index in [1.165, 1.54) is 4.90 Å². The van der Waals surface area contributed by atoms with Gasteiger partial charge in [-0.2, -0.15) is 0 Å². The smallest absolute Gasteiger partial charge is 0.280 e. The second-order valence-electron chi connectivity index (χ2n) is 8.05. The Labute approximate surface area is 185 Å². The lowest BCUT2D eigenvalue weighted by molar-refractivity contribution is -0.123. The van der Waals surface area contributed by atoms with Crippen LogP contribution < -0.4 is 10.2 Å². The van der Waals surface area contributed by atoms with Crippen LogP contribution in [0.2, 0.25) is 0 Å². The lowest BCUT2D eigenvalue weighted by Gasteiger charge is -2.32. The van der Waals surface area contributed by atoms with Gasteiger partial charge in [-0.15, -0.1) is 5.10 Å². The predicted octanol–water partition coefficient (Wildman–Crippen LogP) is 4.50.